The van der Waals surface area contributed by atoms with Gasteiger partial charge in [-0.2, -0.15) is 0 Å². The number of methoxy groups -OCH3 is 1. The molecule has 0 atom stereocenters. The maximum atomic E-state index is 11.7. The van der Waals surface area contributed by atoms with Gasteiger partial charge in [-0.15, -0.1) is 0 Å². The molecule has 21 heavy (non-hydrogen) atoms. The Bertz CT molecular complexity index is 633. The molecular weight excluding hydrogens is 315 g/mol. The highest BCUT2D eigenvalue weighted by molar-refractivity contribution is 6.42. The van der Waals surface area contributed by atoms with Crippen LogP contribution in [-0.2, 0) is 4.79 Å². The molecule has 1 heterocycles. The van der Waals surface area contributed by atoms with Crippen LogP contribution in [0.1, 0.15) is 0 Å². The lowest BCUT2D eigenvalue weighted by molar-refractivity contribution is -0.118. The molecule has 2 rings (SSSR count). The van der Waals surface area contributed by atoms with E-state index in [0.717, 1.165) is 0 Å². The molecule has 0 radical (unpaired) electrons. The van der Waals surface area contributed by atoms with Crippen molar-refractivity contribution >= 4 is 34.8 Å². The van der Waals surface area contributed by atoms with Gasteiger partial charge < -0.3 is 14.8 Å². The van der Waals surface area contributed by atoms with Crippen LogP contribution in [0.25, 0.3) is 0 Å². The Labute approximate surface area is 131 Å². The molecule has 1 amide bonds. The maximum Gasteiger partial charge on any atom is 0.262 e. The van der Waals surface area contributed by atoms with Crippen LogP contribution in [0.5, 0.6) is 11.6 Å². The van der Waals surface area contributed by atoms with Crippen molar-refractivity contribution < 1.29 is 14.3 Å². The molecule has 0 bridgehead atoms. The standard InChI is InChI=1S/C14H12Cl2N2O3/c1-20-14-5-2-9(7-17-14)18-13(19)8-21-10-3-4-11(15)12(16)6-10/h2-7H,8H2,1H3,(H,18,19). The maximum absolute atomic E-state index is 11.7. The van der Waals surface area contributed by atoms with Crippen LogP contribution in [0.3, 0.4) is 0 Å². The molecule has 0 fully saturated rings. The first kappa shape index (κ1) is 15.4. The third-order valence-corrected chi connectivity index (χ3v) is 3.23. The zero-order valence-electron chi connectivity index (χ0n) is 11.1. The molecule has 0 aliphatic heterocycles. The van der Waals surface area contributed by atoms with E-state index in [1.54, 1.807) is 30.3 Å². The number of amides is 1. The Morgan fingerprint density at radius 3 is 2.67 bits per heavy atom. The first-order chi connectivity index (χ1) is 10.1. The van der Waals surface area contributed by atoms with Crippen LogP contribution in [0.2, 0.25) is 10.0 Å². The summed E-state index contributed by atoms with van der Waals surface area (Å²) >= 11 is 11.6. The summed E-state index contributed by atoms with van der Waals surface area (Å²) in [6.45, 7) is -0.149. The predicted molar refractivity (Wildman–Crippen MR) is 81.4 cm³/mol. The fraction of sp³-hybridized carbons (Fsp3) is 0.143. The molecule has 1 N–H and O–H groups in total. The van der Waals surface area contributed by atoms with E-state index in [2.05, 4.69) is 10.3 Å². The molecule has 0 saturated carbocycles. The van der Waals surface area contributed by atoms with Crippen LogP contribution >= 0.6 is 23.2 Å². The van der Waals surface area contributed by atoms with E-state index in [4.69, 9.17) is 32.7 Å². The van der Waals surface area contributed by atoms with Crippen molar-refractivity contribution in [3.8, 4) is 11.6 Å². The lowest BCUT2D eigenvalue weighted by atomic mass is 10.3. The second-order valence-corrected chi connectivity index (χ2v) is 4.82. The number of benzene rings is 1. The van der Waals surface area contributed by atoms with Gasteiger partial charge in [0.25, 0.3) is 5.91 Å². The van der Waals surface area contributed by atoms with E-state index < -0.39 is 0 Å². The molecule has 1 aromatic heterocycles. The normalized spacial score (nSPS) is 10.0. The molecule has 0 unspecified atom stereocenters. The fourth-order valence-electron chi connectivity index (χ4n) is 1.49. The topological polar surface area (TPSA) is 60.5 Å². The van der Waals surface area contributed by atoms with Crippen molar-refractivity contribution in [3.63, 3.8) is 0 Å². The SMILES string of the molecule is COc1ccc(NC(=O)COc2ccc(Cl)c(Cl)c2)cn1. The number of ether oxygens (including phenoxy) is 2. The van der Waals surface area contributed by atoms with Gasteiger partial charge in [0.2, 0.25) is 5.88 Å². The van der Waals surface area contributed by atoms with Gasteiger partial charge >= 0.3 is 0 Å². The molecule has 5 nitrogen and oxygen atoms in total. The van der Waals surface area contributed by atoms with Crippen molar-refractivity contribution in [3.05, 3.63) is 46.6 Å². The smallest absolute Gasteiger partial charge is 0.262 e. The van der Waals surface area contributed by atoms with Gasteiger partial charge in [-0.05, 0) is 18.2 Å². The van der Waals surface area contributed by atoms with Crippen LogP contribution in [0.4, 0.5) is 5.69 Å². The minimum absolute atomic E-state index is 0.149. The summed E-state index contributed by atoms with van der Waals surface area (Å²) in [6, 6.07) is 8.12. The van der Waals surface area contributed by atoms with E-state index >= 15 is 0 Å². The summed E-state index contributed by atoms with van der Waals surface area (Å²) in [5.74, 6) is 0.625. The number of pyridine rings is 1. The van der Waals surface area contributed by atoms with Gasteiger partial charge in [0, 0.05) is 12.1 Å². The van der Waals surface area contributed by atoms with E-state index in [1.165, 1.54) is 13.3 Å². The number of hydrogen-bond acceptors (Lipinski definition) is 4. The van der Waals surface area contributed by atoms with Crippen molar-refractivity contribution in [1.29, 1.82) is 0 Å². The largest absolute Gasteiger partial charge is 0.484 e. The van der Waals surface area contributed by atoms with Crippen LogP contribution < -0.4 is 14.8 Å². The van der Waals surface area contributed by atoms with E-state index in [-0.39, 0.29) is 12.5 Å². The number of carbonyl (C=O) groups excluding carboxylic acids is 1. The third-order valence-electron chi connectivity index (χ3n) is 2.49. The second kappa shape index (κ2) is 7.15. The molecule has 0 aliphatic carbocycles. The van der Waals surface area contributed by atoms with Crippen molar-refractivity contribution in [2.75, 3.05) is 19.0 Å². The summed E-state index contributed by atoms with van der Waals surface area (Å²) in [6.07, 6.45) is 1.50. The predicted octanol–water partition coefficient (Wildman–Crippen LogP) is 3.41. The highest BCUT2D eigenvalue weighted by Crippen LogP contribution is 2.26. The Morgan fingerprint density at radius 1 is 1.24 bits per heavy atom. The average Bonchev–Trinajstić information content (AvgIpc) is 2.49. The number of hydrogen-bond donors (Lipinski definition) is 1. The van der Waals surface area contributed by atoms with Crippen LogP contribution in [-0.4, -0.2) is 24.6 Å². The highest BCUT2D eigenvalue weighted by Gasteiger charge is 2.06. The average molecular weight is 327 g/mol. The van der Waals surface area contributed by atoms with Crippen LogP contribution in [0, 0.1) is 0 Å². The quantitative estimate of drug-likeness (QED) is 0.914. The summed E-state index contributed by atoms with van der Waals surface area (Å²) < 4.78 is 10.2. The molecule has 1 aromatic carbocycles. The van der Waals surface area contributed by atoms with Crippen molar-refractivity contribution in [2.45, 2.75) is 0 Å². The van der Waals surface area contributed by atoms with Crippen LogP contribution in [0.15, 0.2) is 36.5 Å². The Hall–Kier alpha value is -1.98. The number of rotatable bonds is 5. The van der Waals surface area contributed by atoms with Gasteiger partial charge in [-0.1, -0.05) is 23.2 Å². The Kier molecular flexibility index (Phi) is 5.25. The molecule has 7 heteroatoms. The van der Waals surface area contributed by atoms with Gasteiger partial charge in [-0.3, -0.25) is 4.79 Å². The number of halogens is 2. The van der Waals surface area contributed by atoms with Crippen molar-refractivity contribution in [2.24, 2.45) is 0 Å². The lowest BCUT2D eigenvalue weighted by Crippen LogP contribution is -2.20. The summed E-state index contributed by atoms with van der Waals surface area (Å²) in [5, 5.41) is 3.45. The minimum Gasteiger partial charge on any atom is -0.484 e. The van der Waals surface area contributed by atoms with Crippen molar-refractivity contribution in [1.82, 2.24) is 4.98 Å². The minimum atomic E-state index is -0.312. The summed E-state index contributed by atoms with van der Waals surface area (Å²) in [4.78, 5) is 15.7. The molecule has 0 spiro atoms. The van der Waals surface area contributed by atoms with E-state index in [1.807, 2.05) is 0 Å². The first-order valence-corrected chi connectivity index (χ1v) is 6.72. The monoisotopic (exact) mass is 326 g/mol. The number of nitrogens with zero attached hydrogens (tertiary/aromatic N) is 1. The van der Waals surface area contributed by atoms with E-state index in [0.29, 0.717) is 27.4 Å². The molecular formula is C14H12Cl2N2O3. The van der Waals surface area contributed by atoms with Gasteiger partial charge in [0.05, 0.1) is 29.0 Å². The lowest BCUT2D eigenvalue weighted by Gasteiger charge is -2.08. The van der Waals surface area contributed by atoms with Gasteiger partial charge in [0.15, 0.2) is 6.61 Å². The van der Waals surface area contributed by atoms with E-state index in [9.17, 15) is 4.79 Å². The summed E-state index contributed by atoms with van der Waals surface area (Å²) in [7, 11) is 1.52. The Morgan fingerprint density at radius 2 is 2.05 bits per heavy atom. The zero-order chi connectivity index (χ0) is 15.2. The number of anilines is 1. The molecule has 0 saturated heterocycles. The third kappa shape index (κ3) is 4.51. The zero-order valence-corrected chi connectivity index (χ0v) is 12.6. The molecule has 110 valence electrons. The highest BCUT2D eigenvalue weighted by atomic mass is 35.5. The molecule has 2 aromatic rings. The first-order valence-electron chi connectivity index (χ1n) is 5.96. The molecule has 0 aliphatic rings. The number of nitrogens with one attached hydrogen (secondary N) is 1. The Balaban J connectivity index is 1.87. The second-order valence-electron chi connectivity index (χ2n) is 4.00. The summed E-state index contributed by atoms with van der Waals surface area (Å²) in [5.41, 5.74) is 0.554. The van der Waals surface area contributed by atoms with Gasteiger partial charge in [-0.25, -0.2) is 4.98 Å². The number of aromatic nitrogens is 1. The fourth-order valence-corrected chi connectivity index (χ4v) is 1.78. The van der Waals surface area contributed by atoms with Gasteiger partial charge in [0.1, 0.15) is 5.75 Å². The number of carbonyl (C=O) groups is 1.